The van der Waals surface area contributed by atoms with E-state index in [0.29, 0.717) is 19.3 Å². The Hall–Kier alpha value is -2.52. The minimum absolute atomic E-state index is 0.00885. The molecule has 0 unspecified atom stereocenters. The quantitative estimate of drug-likeness (QED) is 0.0310. The standard InChI is InChI=1S/C40H70O18/c1-4-5-6-12-17-20-32(47)57-38-34(49)33(48)29(23-52-25(2)41)55-40(38)58-37-30(24-53-26(3)42)56-39(36(51)35(37)50)54-22-28(44)19-16-14-11-9-7-8-10-13-15-18-27(43)21-31(45)46/h27-30,33-40,43-44,48-51H,4-24H2,1-3H3,(H,45,46)/t27-,28-,29-,30-,33-,34+,35-,36-,37-,38-,39-,40+/m1/s1. The summed E-state index contributed by atoms with van der Waals surface area (Å²) >= 11 is 0. The van der Waals surface area contributed by atoms with Crippen molar-refractivity contribution in [2.24, 2.45) is 0 Å². The zero-order valence-electron chi connectivity index (χ0n) is 34.4. The third kappa shape index (κ3) is 20.2. The first-order valence-corrected chi connectivity index (χ1v) is 21.0. The predicted octanol–water partition coefficient (Wildman–Crippen LogP) is 2.17. The zero-order chi connectivity index (χ0) is 43.0. The van der Waals surface area contributed by atoms with Crippen LogP contribution >= 0.6 is 0 Å². The van der Waals surface area contributed by atoms with E-state index in [1.54, 1.807) is 0 Å². The van der Waals surface area contributed by atoms with Crippen molar-refractivity contribution in [3.63, 3.8) is 0 Å². The second-order valence-electron chi connectivity index (χ2n) is 15.4. The molecule has 0 bridgehead atoms. The number of unbranched alkanes of at least 4 members (excludes halogenated alkanes) is 12. The molecular weight excluding hydrogens is 768 g/mol. The van der Waals surface area contributed by atoms with Gasteiger partial charge in [-0.05, 0) is 19.3 Å². The number of aliphatic carboxylic acids is 1. The lowest BCUT2D eigenvalue weighted by molar-refractivity contribution is -0.361. The third-order valence-corrected chi connectivity index (χ3v) is 10.2. The maximum absolute atomic E-state index is 12.8. The van der Waals surface area contributed by atoms with Gasteiger partial charge in [0.15, 0.2) is 18.7 Å². The monoisotopic (exact) mass is 838 g/mol. The molecular formula is C40H70O18. The van der Waals surface area contributed by atoms with Gasteiger partial charge in [0.05, 0.1) is 25.2 Å². The van der Waals surface area contributed by atoms with Gasteiger partial charge in [-0.3, -0.25) is 19.2 Å². The highest BCUT2D eigenvalue weighted by Crippen LogP contribution is 2.32. The number of carbonyl (C=O) groups is 4. The van der Waals surface area contributed by atoms with E-state index in [1.807, 2.05) is 0 Å². The van der Waals surface area contributed by atoms with Crippen molar-refractivity contribution in [2.75, 3.05) is 19.8 Å². The Kier molecular flexibility index (Phi) is 25.7. The summed E-state index contributed by atoms with van der Waals surface area (Å²) in [7, 11) is 0. The molecule has 18 heteroatoms. The third-order valence-electron chi connectivity index (χ3n) is 10.2. The van der Waals surface area contributed by atoms with Crippen molar-refractivity contribution in [3.8, 4) is 0 Å². The Morgan fingerprint density at radius 2 is 1.10 bits per heavy atom. The first kappa shape index (κ1) is 51.6. The summed E-state index contributed by atoms with van der Waals surface area (Å²) in [4.78, 5) is 46.7. The minimum Gasteiger partial charge on any atom is -0.481 e. The van der Waals surface area contributed by atoms with Crippen LogP contribution in [0.1, 0.15) is 136 Å². The average Bonchev–Trinajstić information content (AvgIpc) is 3.16. The van der Waals surface area contributed by atoms with Gasteiger partial charge in [-0.25, -0.2) is 0 Å². The molecule has 2 saturated heterocycles. The van der Waals surface area contributed by atoms with Crippen LogP contribution in [0, 0.1) is 0 Å². The van der Waals surface area contributed by atoms with Crippen LogP contribution in [0.15, 0.2) is 0 Å². The van der Waals surface area contributed by atoms with Gasteiger partial charge in [0, 0.05) is 20.3 Å². The van der Waals surface area contributed by atoms with Crippen LogP contribution in [0.3, 0.4) is 0 Å². The number of carboxylic acids is 1. The molecule has 12 atom stereocenters. The molecule has 0 saturated carbocycles. The van der Waals surface area contributed by atoms with Crippen LogP contribution in [0.4, 0.5) is 0 Å². The van der Waals surface area contributed by atoms with Crippen molar-refractivity contribution >= 4 is 23.9 Å². The first-order valence-electron chi connectivity index (χ1n) is 21.0. The molecule has 58 heavy (non-hydrogen) atoms. The summed E-state index contributed by atoms with van der Waals surface area (Å²) in [6.07, 6.45) is -4.29. The molecule has 0 aromatic heterocycles. The molecule has 2 fully saturated rings. The maximum Gasteiger partial charge on any atom is 0.306 e. The van der Waals surface area contributed by atoms with Gasteiger partial charge >= 0.3 is 23.9 Å². The fourth-order valence-electron chi connectivity index (χ4n) is 6.85. The van der Waals surface area contributed by atoms with E-state index in [-0.39, 0.29) is 19.4 Å². The highest BCUT2D eigenvalue weighted by atomic mass is 16.8. The number of hydrogen-bond acceptors (Lipinski definition) is 17. The van der Waals surface area contributed by atoms with Crippen molar-refractivity contribution in [2.45, 2.75) is 210 Å². The molecule has 0 amide bonds. The Balaban J connectivity index is 1.94. The van der Waals surface area contributed by atoms with E-state index >= 15 is 0 Å². The molecule has 2 aliphatic rings. The Bertz CT molecular complexity index is 1170. The molecule has 2 rings (SSSR count). The van der Waals surface area contributed by atoms with Gasteiger partial charge in [0.2, 0.25) is 0 Å². The van der Waals surface area contributed by atoms with Crippen LogP contribution in [0.2, 0.25) is 0 Å². The normalized spacial score (nSPS) is 28.4. The van der Waals surface area contributed by atoms with Crippen LogP contribution < -0.4 is 0 Å². The van der Waals surface area contributed by atoms with E-state index in [1.165, 1.54) is 0 Å². The minimum atomic E-state index is -1.78. The van der Waals surface area contributed by atoms with Crippen molar-refractivity contribution < 1.29 is 88.1 Å². The molecule has 2 aliphatic heterocycles. The first-order chi connectivity index (χ1) is 27.6. The van der Waals surface area contributed by atoms with E-state index < -0.39 is 111 Å². The van der Waals surface area contributed by atoms with E-state index in [9.17, 15) is 49.8 Å². The molecule has 18 nitrogen and oxygen atoms in total. The van der Waals surface area contributed by atoms with Gasteiger partial charge in [-0.1, -0.05) is 90.4 Å². The molecule has 0 spiro atoms. The van der Waals surface area contributed by atoms with Gasteiger partial charge in [0.25, 0.3) is 0 Å². The fraction of sp³-hybridized carbons (Fsp3) is 0.900. The highest BCUT2D eigenvalue weighted by Gasteiger charge is 2.53. The maximum atomic E-state index is 12.8. The molecule has 338 valence electrons. The SMILES string of the molecule is CCCCCCCC(=O)O[C@H]1[C@H](O[C@H]2[C@H](O)[C@@H](O)[C@H](OC[C@H](O)CCCCCCCCCCC[C@@H](O)CC(=O)O)O[C@@H]2COC(C)=O)O[C@H](COC(C)=O)[C@@H](O)[C@@H]1O. The molecule has 7 N–H and O–H groups in total. The van der Waals surface area contributed by atoms with Gasteiger partial charge in [-0.2, -0.15) is 0 Å². The Morgan fingerprint density at radius 1 is 0.603 bits per heavy atom. The second-order valence-corrected chi connectivity index (χ2v) is 15.4. The lowest BCUT2D eigenvalue weighted by atomic mass is 9.96. The zero-order valence-corrected chi connectivity index (χ0v) is 34.4. The highest BCUT2D eigenvalue weighted by molar-refractivity contribution is 5.69. The van der Waals surface area contributed by atoms with Crippen LogP contribution in [0.5, 0.6) is 0 Å². The lowest BCUT2D eigenvalue weighted by Crippen LogP contribution is -2.65. The van der Waals surface area contributed by atoms with Crippen molar-refractivity contribution in [3.05, 3.63) is 0 Å². The number of esters is 3. The van der Waals surface area contributed by atoms with Crippen molar-refractivity contribution in [1.82, 2.24) is 0 Å². The van der Waals surface area contributed by atoms with Gasteiger partial charge in [-0.15, -0.1) is 0 Å². The number of hydrogen-bond donors (Lipinski definition) is 7. The fourth-order valence-corrected chi connectivity index (χ4v) is 6.85. The topological polar surface area (TPSA) is 274 Å². The van der Waals surface area contributed by atoms with E-state index in [2.05, 4.69) is 6.92 Å². The summed E-state index contributed by atoms with van der Waals surface area (Å²) in [6, 6.07) is 0. The molecule has 0 aromatic rings. The summed E-state index contributed by atoms with van der Waals surface area (Å²) in [5, 5.41) is 73.1. The lowest BCUT2D eigenvalue weighted by Gasteiger charge is -2.46. The summed E-state index contributed by atoms with van der Waals surface area (Å²) in [6.45, 7) is 3.11. The number of rotatable bonds is 30. The molecule has 0 radical (unpaired) electrons. The summed E-state index contributed by atoms with van der Waals surface area (Å²) in [5.74, 6) is -3.09. The van der Waals surface area contributed by atoms with E-state index in [4.69, 9.17) is 38.3 Å². The number of ether oxygens (including phenoxy) is 7. The van der Waals surface area contributed by atoms with Crippen molar-refractivity contribution in [1.29, 1.82) is 0 Å². The Morgan fingerprint density at radius 3 is 1.67 bits per heavy atom. The van der Waals surface area contributed by atoms with Crippen LogP contribution in [-0.2, 0) is 52.3 Å². The number of carbonyl (C=O) groups excluding carboxylic acids is 3. The number of carboxylic acid groups (broad SMARTS) is 1. The predicted molar refractivity (Wildman–Crippen MR) is 204 cm³/mol. The van der Waals surface area contributed by atoms with Crippen LogP contribution in [-0.4, -0.2) is 153 Å². The smallest absolute Gasteiger partial charge is 0.306 e. The number of aliphatic hydroxyl groups is 6. The average molecular weight is 839 g/mol. The second kappa shape index (κ2) is 28.9. The van der Waals surface area contributed by atoms with Gasteiger partial charge in [0.1, 0.15) is 55.9 Å². The largest absolute Gasteiger partial charge is 0.481 e. The van der Waals surface area contributed by atoms with Crippen LogP contribution in [0.25, 0.3) is 0 Å². The summed E-state index contributed by atoms with van der Waals surface area (Å²) < 4.78 is 39.1. The Labute approximate surface area is 341 Å². The summed E-state index contributed by atoms with van der Waals surface area (Å²) in [5.41, 5.74) is 0. The molecule has 0 aromatic carbocycles. The van der Waals surface area contributed by atoms with Gasteiger partial charge < -0.3 is 68.9 Å². The molecule has 2 heterocycles. The number of aliphatic hydroxyl groups excluding tert-OH is 6. The van der Waals surface area contributed by atoms with E-state index in [0.717, 1.165) is 97.3 Å². The molecule has 0 aliphatic carbocycles.